The summed E-state index contributed by atoms with van der Waals surface area (Å²) in [5.74, 6) is 2.22. The van der Waals surface area contributed by atoms with Crippen molar-refractivity contribution in [2.24, 2.45) is 5.92 Å². The van der Waals surface area contributed by atoms with Crippen LogP contribution in [0.4, 0.5) is 11.9 Å². The van der Waals surface area contributed by atoms with Gasteiger partial charge in [0.15, 0.2) is 0 Å². The van der Waals surface area contributed by atoms with Gasteiger partial charge in [0, 0.05) is 27.2 Å². The van der Waals surface area contributed by atoms with Gasteiger partial charge < -0.3 is 15.4 Å². The molecule has 2 N–H and O–H groups in total. The second-order valence-corrected chi connectivity index (χ2v) is 5.36. The van der Waals surface area contributed by atoms with Crippen molar-refractivity contribution in [1.82, 2.24) is 19.9 Å². The summed E-state index contributed by atoms with van der Waals surface area (Å²) >= 11 is 0. The molecule has 0 spiro atoms. The number of hydrogen-bond acceptors (Lipinski definition) is 7. The average Bonchev–Trinajstić information content (AvgIpc) is 2.90. The van der Waals surface area contributed by atoms with Crippen molar-refractivity contribution in [1.29, 1.82) is 0 Å². The lowest BCUT2D eigenvalue weighted by atomic mass is 10.1. The van der Waals surface area contributed by atoms with Crippen LogP contribution in [0.25, 0.3) is 0 Å². The molecule has 112 valence electrons. The van der Waals surface area contributed by atoms with Crippen molar-refractivity contribution in [2.45, 2.75) is 19.9 Å². The molecule has 1 aromatic rings. The standard InChI is InChI=1S/C13H24N6O/c1-4-19(7-10-5-6-20-9-10)8-11-15-12(14)17-13(16-11)18(2)3/h10H,4-9H2,1-3H3,(H2,14,15,16,17). The van der Waals surface area contributed by atoms with Gasteiger partial charge in [-0.3, -0.25) is 4.90 Å². The quantitative estimate of drug-likeness (QED) is 0.806. The Hall–Kier alpha value is -1.47. The Balaban J connectivity index is 2.02. The molecule has 0 aliphatic carbocycles. The lowest BCUT2D eigenvalue weighted by Crippen LogP contribution is -2.30. The van der Waals surface area contributed by atoms with E-state index in [1.54, 1.807) is 0 Å². The highest BCUT2D eigenvalue weighted by molar-refractivity contribution is 5.32. The van der Waals surface area contributed by atoms with Gasteiger partial charge in [-0.05, 0) is 18.9 Å². The molecule has 0 aromatic carbocycles. The minimum atomic E-state index is 0.277. The molecule has 2 rings (SSSR count). The van der Waals surface area contributed by atoms with Gasteiger partial charge in [0.05, 0.1) is 13.2 Å². The fraction of sp³-hybridized carbons (Fsp3) is 0.769. The first kappa shape index (κ1) is 14.9. The van der Waals surface area contributed by atoms with Crippen LogP contribution in [-0.2, 0) is 11.3 Å². The number of ether oxygens (including phenoxy) is 1. The number of nitrogens with zero attached hydrogens (tertiary/aromatic N) is 5. The number of aromatic nitrogens is 3. The van der Waals surface area contributed by atoms with Gasteiger partial charge in [0.25, 0.3) is 0 Å². The van der Waals surface area contributed by atoms with Crippen LogP contribution in [0, 0.1) is 5.92 Å². The smallest absolute Gasteiger partial charge is 0.229 e. The largest absolute Gasteiger partial charge is 0.381 e. The summed E-state index contributed by atoms with van der Waals surface area (Å²) < 4.78 is 5.43. The lowest BCUT2D eigenvalue weighted by Gasteiger charge is -2.23. The monoisotopic (exact) mass is 280 g/mol. The van der Waals surface area contributed by atoms with E-state index in [4.69, 9.17) is 10.5 Å². The van der Waals surface area contributed by atoms with Crippen molar-refractivity contribution in [3.05, 3.63) is 5.82 Å². The average molecular weight is 280 g/mol. The third kappa shape index (κ3) is 4.01. The summed E-state index contributed by atoms with van der Waals surface area (Å²) in [4.78, 5) is 17.0. The van der Waals surface area contributed by atoms with Gasteiger partial charge >= 0.3 is 0 Å². The highest BCUT2D eigenvalue weighted by atomic mass is 16.5. The van der Waals surface area contributed by atoms with Crippen molar-refractivity contribution in [2.75, 3.05) is 51.0 Å². The van der Waals surface area contributed by atoms with E-state index in [1.165, 1.54) is 0 Å². The number of nitrogens with two attached hydrogens (primary N) is 1. The first-order valence-electron chi connectivity index (χ1n) is 7.06. The molecule has 1 aliphatic heterocycles. The fourth-order valence-electron chi connectivity index (χ4n) is 2.29. The van der Waals surface area contributed by atoms with Crippen molar-refractivity contribution < 1.29 is 4.74 Å². The Morgan fingerprint density at radius 2 is 2.10 bits per heavy atom. The maximum absolute atomic E-state index is 5.75. The zero-order valence-electron chi connectivity index (χ0n) is 12.5. The summed E-state index contributed by atoms with van der Waals surface area (Å²) in [6.07, 6.45) is 1.14. The van der Waals surface area contributed by atoms with E-state index >= 15 is 0 Å². The van der Waals surface area contributed by atoms with E-state index in [9.17, 15) is 0 Å². The fourth-order valence-corrected chi connectivity index (χ4v) is 2.29. The number of rotatable bonds is 6. The SMILES string of the molecule is CCN(Cc1nc(N)nc(N(C)C)n1)CC1CCOC1. The second-order valence-electron chi connectivity index (χ2n) is 5.36. The van der Waals surface area contributed by atoms with Crippen LogP contribution in [0.2, 0.25) is 0 Å². The van der Waals surface area contributed by atoms with Crippen LogP contribution in [-0.4, -0.2) is 60.3 Å². The molecule has 1 saturated heterocycles. The molecule has 0 bridgehead atoms. The molecule has 0 radical (unpaired) electrons. The maximum atomic E-state index is 5.75. The van der Waals surface area contributed by atoms with Crippen LogP contribution >= 0.6 is 0 Å². The number of hydrogen-bond donors (Lipinski definition) is 1. The van der Waals surface area contributed by atoms with Gasteiger partial charge in [-0.2, -0.15) is 15.0 Å². The van der Waals surface area contributed by atoms with E-state index in [2.05, 4.69) is 26.8 Å². The Labute approximate surface area is 120 Å². The predicted molar refractivity (Wildman–Crippen MR) is 78.4 cm³/mol. The highest BCUT2D eigenvalue weighted by Gasteiger charge is 2.19. The summed E-state index contributed by atoms with van der Waals surface area (Å²) in [5, 5.41) is 0. The number of nitrogen functional groups attached to an aromatic ring is 1. The zero-order chi connectivity index (χ0) is 14.5. The topological polar surface area (TPSA) is 80.4 Å². The molecule has 1 fully saturated rings. The third-order valence-corrected chi connectivity index (χ3v) is 3.44. The van der Waals surface area contributed by atoms with Gasteiger partial charge in [0.2, 0.25) is 11.9 Å². The molecule has 7 nitrogen and oxygen atoms in total. The Morgan fingerprint density at radius 1 is 1.30 bits per heavy atom. The molecular formula is C13H24N6O. The van der Waals surface area contributed by atoms with E-state index < -0.39 is 0 Å². The Kier molecular flexibility index (Phi) is 5.08. The van der Waals surface area contributed by atoms with Gasteiger partial charge in [-0.15, -0.1) is 0 Å². The molecule has 1 aliphatic rings. The summed E-state index contributed by atoms with van der Waals surface area (Å²) in [7, 11) is 3.79. The summed E-state index contributed by atoms with van der Waals surface area (Å²) in [6, 6.07) is 0. The van der Waals surface area contributed by atoms with Crippen molar-refractivity contribution in [3.8, 4) is 0 Å². The van der Waals surface area contributed by atoms with Crippen LogP contribution in [0.3, 0.4) is 0 Å². The third-order valence-electron chi connectivity index (χ3n) is 3.44. The highest BCUT2D eigenvalue weighted by Crippen LogP contribution is 2.15. The second kappa shape index (κ2) is 6.81. The van der Waals surface area contributed by atoms with Gasteiger partial charge in [-0.1, -0.05) is 6.92 Å². The van der Waals surface area contributed by atoms with Crippen LogP contribution in [0.1, 0.15) is 19.2 Å². The molecule has 0 amide bonds. The number of anilines is 2. The van der Waals surface area contributed by atoms with Gasteiger partial charge in [0.1, 0.15) is 5.82 Å². The van der Waals surface area contributed by atoms with Gasteiger partial charge in [-0.25, -0.2) is 0 Å². The molecule has 1 atom stereocenters. The molecule has 2 heterocycles. The molecule has 1 unspecified atom stereocenters. The first-order chi connectivity index (χ1) is 9.58. The predicted octanol–water partition coefficient (Wildman–Crippen LogP) is 0.378. The van der Waals surface area contributed by atoms with E-state index in [1.807, 2.05) is 19.0 Å². The molecule has 0 saturated carbocycles. The molecule has 7 heteroatoms. The van der Waals surface area contributed by atoms with E-state index in [0.29, 0.717) is 18.4 Å². The lowest BCUT2D eigenvalue weighted by molar-refractivity contribution is 0.165. The van der Waals surface area contributed by atoms with Crippen LogP contribution in [0.15, 0.2) is 0 Å². The minimum Gasteiger partial charge on any atom is -0.381 e. The normalized spacial score (nSPS) is 18.7. The Bertz CT molecular complexity index is 433. The van der Waals surface area contributed by atoms with E-state index in [-0.39, 0.29) is 5.95 Å². The minimum absolute atomic E-state index is 0.277. The van der Waals surface area contributed by atoms with Crippen molar-refractivity contribution >= 4 is 11.9 Å². The van der Waals surface area contributed by atoms with Crippen LogP contribution in [0.5, 0.6) is 0 Å². The molecular weight excluding hydrogens is 256 g/mol. The Morgan fingerprint density at radius 3 is 2.70 bits per heavy atom. The maximum Gasteiger partial charge on any atom is 0.229 e. The zero-order valence-corrected chi connectivity index (χ0v) is 12.5. The van der Waals surface area contributed by atoms with Crippen LogP contribution < -0.4 is 10.6 Å². The van der Waals surface area contributed by atoms with E-state index in [0.717, 1.165) is 38.5 Å². The summed E-state index contributed by atoms with van der Waals surface area (Å²) in [6.45, 7) is 6.55. The molecule has 1 aromatic heterocycles. The molecule has 20 heavy (non-hydrogen) atoms. The first-order valence-corrected chi connectivity index (χ1v) is 7.06. The summed E-state index contributed by atoms with van der Waals surface area (Å²) in [5.41, 5.74) is 5.75. The van der Waals surface area contributed by atoms with Crippen molar-refractivity contribution in [3.63, 3.8) is 0 Å².